The van der Waals surface area contributed by atoms with Crippen LogP contribution in [0.2, 0.25) is 0 Å². The first kappa shape index (κ1) is 18.9. The van der Waals surface area contributed by atoms with Crippen LogP contribution in [0, 0.1) is 5.82 Å². The van der Waals surface area contributed by atoms with E-state index in [1.165, 1.54) is 0 Å². The van der Waals surface area contributed by atoms with Crippen molar-refractivity contribution in [3.8, 4) is 6.01 Å². The van der Waals surface area contributed by atoms with Gasteiger partial charge in [-0.15, -0.1) is 0 Å². The number of ether oxygens (including phenoxy) is 1. The van der Waals surface area contributed by atoms with E-state index in [2.05, 4.69) is 15.3 Å². The van der Waals surface area contributed by atoms with Crippen molar-refractivity contribution < 1.29 is 13.9 Å². The number of amides is 2. The molecule has 0 saturated carbocycles. The Balaban J connectivity index is 1.42. The molecule has 1 aromatic heterocycles. The third kappa shape index (κ3) is 4.68. The van der Waals surface area contributed by atoms with Gasteiger partial charge in [0.05, 0.1) is 25.0 Å². The van der Waals surface area contributed by atoms with E-state index in [4.69, 9.17) is 4.74 Å². The molecule has 0 bridgehead atoms. The number of hydrogen-bond donors (Lipinski definition) is 1. The van der Waals surface area contributed by atoms with Crippen molar-refractivity contribution in [2.24, 2.45) is 0 Å². The van der Waals surface area contributed by atoms with Crippen LogP contribution in [0.25, 0.3) is 0 Å². The lowest BCUT2D eigenvalue weighted by molar-refractivity contribution is 0.177. The Kier molecular flexibility index (Phi) is 5.65. The number of benzene rings is 2. The SMILES string of the molecule is O=C(NC(c1ccccc1)c1ccccc1)N1CC[C@H](Oc2ncc(F)cn2)C1. The van der Waals surface area contributed by atoms with Gasteiger partial charge >= 0.3 is 12.0 Å². The number of likely N-dealkylation sites (tertiary alicyclic amines) is 1. The average Bonchev–Trinajstić information content (AvgIpc) is 3.23. The normalized spacial score (nSPS) is 16.1. The molecule has 1 aliphatic rings. The van der Waals surface area contributed by atoms with E-state index in [1.54, 1.807) is 4.90 Å². The fourth-order valence-electron chi connectivity index (χ4n) is 3.38. The molecule has 7 heteroatoms. The Labute approximate surface area is 168 Å². The Bertz CT molecular complexity index is 899. The van der Waals surface area contributed by atoms with Crippen molar-refractivity contribution >= 4 is 6.03 Å². The maximum absolute atomic E-state index is 12.9. The van der Waals surface area contributed by atoms with Gasteiger partial charge in [-0.05, 0) is 11.1 Å². The molecule has 2 aromatic carbocycles. The zero-order valence-electron chi connectivity index (χ0n) is 15.7. The highest BCUT2D eigenvalue weighted by molar-refractivity contribution is 5.75. The molecule has 1 fully saturated rings. The quantitative estimate of drug-likeness (QED) is 0.721. The summed E-state index contributed by atoms with van der Waals surface area (Å²) in [6.45, 7) is 0.983. The number of hydrogen-bond acceptors (Lipinski definition) is 4. The van der Waals surface area contributed by atoms with E-state index in [0.29, 0.717) is 19.5 Å². The summed E-state index contributed by atoms with van der Waals surface area (Å²) in [6, 6.07) is 19.4. The van der Waals surface area contributed by atoms with Crippen molar-refractivity contribution in [2.45, 2.75) is 18.6 Å². The highest BCUT2D eigenvalue weighted by atomic mass is 19.1. The van der Waals surface area contributed by atoms with Gasteiger partial charge in [-0.25, -0.2) is 19.2 Å². The Morgan fingerprint density at radius 1 is 1.03 bits per heavy atom. The molecule has 2 heterocycles. The average molecular weight is 392 g/mol. The molecular weight excluding hydrogens is 371 g/mol. The largest absolute Gasteiger partial charge is 0.458 e. The number of rotatable bonds is 5. The first-order valence-corrected chi connectivity index (χ1v) is 9.48. The summed E-state index contributed by atoms with van der Waals surface area (Å²) in [6.07, 6.45) is 2.56. The number of carbonyl (C=O) groups excluding carboxylic acids is 1. The van der Waals surface area contributed by atoms with Crippen LogP contribution in [-0.2, 0) is 0 Å². The van der Waals surface area contributed by atoms with Gasteiger partial charge in [-0.3, -0.25) is 0 Å². The topological polar surface area (TPSA) is 67.4 Å². The summed E-state index contributed by atoms with van der Waals surface area (Å²) >= 11 is 0. The number of nitrogens with one attached hydrogen (secondary N) is 1. The van der Waals surface area contributed by atoms with Gasteiger partial charge in [0.15, 0.2) is 5.82 Å². The van der Waals surface area contributed by atoms with E-state index >= 15 is 0 Å². The highest BCUT2D eigenvalue weighted by Gasteiger charge is 2.30. The number of halogens is 1. The van der Waals surface area contributed by atoms with Crippen molar-refractivity contribution in [2.75, 3.05) is 13.1 Å². The zero-order valence-corrected chi connectivity index (χ0v) is 15.7. The van der Waals surface area contributed by atoms with E-state index in [0.717, 1.165) is 23.5 Å². The number of nitrogens with zero attached hydrogens (tertiary/aromatic N) is 3. The van der Waals surface area contributed by atoms with Crippen LogP contribution in [0.3, 0.4) is 0 Å². The van der Waals surface area contributed by atoms with Gasteiger partial charge < -0.3 is 15.0 Å². The highest BCUT2D eigenvalue weighted by Crippen LogP contribution is 2.23. The molecule has 0 spiro atoms. The fraction of sp³-hybridized carbons (Fsp3) is 0.227. The van der Waals surface area contributed by atoms with E-state index < -0.39 is 5.82 Å². The Morgan fingerprint density at radius 3 is 2.21 bits per heavy atom. The molecule has 2 amide bonds. The van der Waals surface area contributed by atoms with E-state index in [1.807, 2.05) is 60.7 Å². The van der Waals surface area contributed by atoms with Gasteiger partial charge in [0.2, 0.25) is 0 Å². The second-order valence-corrected chi connectivity index (χ2v) is 6.86. The first-order valence-electron chi connectivity index (χ1n) is 9.48. The monoisotopic (exact) mass is 392 g/mol. The van der Waals surface area contributed by atoms with Gasteiger partial charge in [-0.1, -0.05) is 60.7 Å². The lowest BCUT2D eigenvalue weighted by atomic mass is 9.99. The molecule has 148 valence electrons. The van der Waals surface area contributed by atoms with Crippen LogP contribution in [0.5, 0.6) is 6.01 Å². The smallest absolute Gasteiger partial charge is 0.318 e. The minimum Gasteiger partial charge on any atom is -0.458 e. The molecule has 1 saturated heterocycles. The molecule has 4 rings (SSSR count). The maximum Gasteiger partial charge on any atom is 0.318 e. The van der Waals surface area contributed by atoms with Crippen molar-refractivity contribution in [3.05, 3.63) is 90.0 Å². The maximum atomic E-state index is 12.9. The summed E-state index contributed by atoms with van der Waals surface area (Å²) in [4.78, 5) is 22.3. The van der Waals surface area contributed by atoms with Gasteiger partial charge in [-0.2, -0.15) is 0 Å². The Hall–Kier alpha value is -3.48. The van der Waals surface area contributed by atoms with Crippen LogP contribution >= 0.6 is 0 Å². The summed E-state index contributed by atoms with van der Waals surface area (Å²) in [5.74, 6) is -0.516. The minimum atomic E-state index is -0.516. The molecule has 29 heavy (non-hydrogen) atoms. The van der Waals surface area contributed by atoms with E-state index in [-0.39, 0.29) is 24.2 Å². The lowest BCUT2D eigenvalue weighted by Crippen LogP contribution is -2.41. The number of urea groups is 1. The first-order chi connectivity index (χ1) is 14.2. The standard InChI is InChI=1S/C22H21FN4O2/c23-18-13-24-21(25-14-18)29-19-11-12-27(15-19)22(28)26-20(16-7-3-1-4-8-16)17-9-5-2-6-10-17/h1-10,13-14,19-20H,11-12,15H2,(H,26,28)/t19-/m0/s1. The van der Waals surface area contributed by atoms with Crippen molar-refractivity contribution in [1.82, 2.24) is 20.2 Å². The second-order valence-electron chi connectivity index (χ2n) is 6.86. The minimum absolute atomic E-state index is 0.116. The van der Waals surface area contributed by atoms with E-state index in [9.17, 15) is 9.18 Å². The van der Waals surface area contributed by atoms with Crippen LogP contribution in [0.4, 0.5) is 9.18 Å². The van der Waals surface area contributed by atoms with Gasteiger partial charge in [0.1, 0.15) is 6.10 Å². The molecule has 0 radical (unpaired) electrons. The summed E-state index contributed by atoms with van der Waals surface area (Å²) < 4.78 is 18.6. The van der Waals surface area contributed by atoms with Gasteiger partial charge in [0.25, 0.3) is 0 Å². The zero-order chi connectivity index (χ0) is 20.1. The second kappa shape index (κ2) is 8.68. The third-order valence-electron chi connectivity index (χ3n) is 4.83. The van der Waals surface area contributed by atoms with Crippen molar-refractivity contribution in [3.63, 3.8) is 0 Å². The lowest BCUT2D eigenvalue weighted by Gasteiger charge is -2.24. The van der Waals surface area contributed by atoms with Crippen molar-refractivity contribution in [1.29, 1.82) is 0 Å². The summed E-state index contributed by atoms with van der Waals surface area (Å²) in [7, 11) is 0. The summed E-state index contributed by atoms with van der Waals surface area (Å²) in [5, 5.41) is 3.13. The number of carbonyl (C=O) groups is 1. The predicted octanol–water partition coefficient (Wildman–Crippen LogP) is 3.57. The van der Waals surface area contributed by atoms with Crippen LogP contribution in [-0.4, -0.2) is 40.1 Å². The van der Waals surface area contributed by atoms with Crippen LogP contribution in [0.1, 0.15) is 23.6 Å². The molecule has 1 N–H and O–H groups in total. The molecule has 0 aliphatic carbocycles. The third-order valence-corrected chi connectivity index (χ3v) is 4.83. The predicted molar refractivity (Wildman–Crippen MR) is 106 cm³/mol. The molecule has 0 unspecified atom stereocenters. The molecular formula is C22H21FN4O2. The molecule has 1 atom stereocenters. The molecule has 3 aromatic rings. The summed E-state index contributed by atoms with van der Waals surface area (Å²) in [5.41, 5.74) is 2.03. The molecule has 6 nitrogen and oxygen atoms in total. The van der Waals surface area contributed by atoms with Crippen LogP contribution in [0.15, 0.2) is 73.1 Å². The van der Waals surface area contributed by atoms with Gasteiger partial charge in [0, 0.05) is 13.0 Å². The molecule has 1 aliphatic heterocycles. The van der Waals surface area contributed by atoms with Crippen LogP contribution < -0.4 is 10.1 Å². The number of aromatic nitrogens is 2. The fourth-order valence-corrected chi connectivity index (χ4v) is 3.38. The Morgan fingerprint density at radius 2 is 1.62 bits per heavy atom.